The number of hydrogen-bond acceptors (Lipinski definition) is 4. The molecular formula is C27H30F2N2O4. The molecule has 0 spiro atoms. The Balaban J connectivity index is 1.41. The second-order valence-electron chi connectivity index (χ2n) is 9.70. The van der Waals surface area contributed by atoms with Gasteiger partial charge in [-0.1, -0.05) is 12.1 Å². The van der Waals surface area contributed by atoms with Gasteiger partial charge in [-0.2, -0.15) is 0 Å². The minimum absolute atomic E-state index is 0.0451. The SMILES string of the molecule is COc1cc(C)c2[nH]ccc2c1CN1CC[C@@H](OCC2CC2(F)F)C[C@@H]1c1ccc(C(=O)O)cc1. The van der Waals surface area contributed by atoms with Crippen LogP contribution in [-0.4, -0.2) is 53.2 Å². The van der Waals surface area contributed by atoms with Crippen LogP contribution in [0.25, 0.3) is 10.9 Å². The van der Waals surface area contributed by atoms with Crippen molar-refractivity contribution in [3.8, 4) is 5.75 Å². The Morgan fingerprint density at radius 2 is 2.00 bits per heavy atom. The van der Waals surface area contributed by atoms with Crippen molar-refractivity contribution in [2.24, 2.45) is 5.92 Å². The number of likely N-dealkylation sites (tertiary alicyclic amines) is 1. The van der Waals surface area contributed by atoms with E-state index in [0.717, 1.165) is 46.3 Å². The lowest BCUT2D eigenvalue weighted by Gasteiger charge is -2.40. The maximum atomic E-state index is 13.3. The van der Waals surface area contributed by atoms with Gasteiger partial charge in [0.05, 0.1) is 31.3 Å². The van der Waals surface area contributed by atoms with Crippen molar-refractivity contribution >= 4 is 16.9 Å². The number of nitrogens with zero attached hydrogens (tertiary/aromatic N) is 1. The predicted molar refractivity (Wildman–Crippen MR) is 128 cm³/mol. The van der Waals surface area contributed by atoms with Crippen molar-refractivity contribution in [1.82, 2.24) is 9.88 Å². The number of fused-ring (bicyclic) bond motifs is 1. The van der Waals surface area contributed by atoms with E-state index >= 15 is 0 Å². The third-order valence-electron chi connectivity index (χ3n) is 7.39. The molecule has 0 amide bonds. The van der Waals surface area contributed by atoms with Gasteiger partial charge in [-0.3, -0.25) is 4.90 Å². The normalized spacial score (nSPS) is 23.9. The molecule has 2 aliphatic rings. The molecule has 5 rings (SSSR count). The average Bonchev–Trinajstić information content (AvgIpc) is 3.20. The fourth-order valence-electron chi connectivity index (χ4n) is 5.20. The highest BCUT2D eigenvalue weighted by molar-refractivity contribution is 5.88. The Hall–Kier alpha value is -2.97. The lowest BCUT2D eigenvalue weighted by atomic mass is 9.91. The molecule has 3 aromatic rings. The number of hydrogen-bond donors (Lipinski definition) is 2. The average molecular weight is 485 g/mol. The number of alkyl halides is 2. The monoisotopic (exact) mass is 484 g/mol. The second kappa shape index (κ2) is 9.24. The second-order valence-corrected chi connectivity index (χ2v) is 9.70. The molecule has 2 aromatic carbocycles. The van der Waals surface area contributed by atoms with Crippen LogP contribution in [0, 0.1) is 12.8 Å². The summed E-state index contributed by atoms with van der Waals surface area (Å²) < 4.78 is 38.4. The number of aromatic nitrogens is 1. The molecule has 8 heteroatoms. The lowest BCUT2D eigenvalue weighted by molar-refractivity contribution is -0.0343. The Labute approximate surface area is 202 Å². The lowest BCUT2D eigenvalue weighted by Crippen LogP contribution is -2.39. The first-order valence-electron chi connectivity index (χ1n) is 12.0. The van der Waals surface area contributed by atoms with E-state index in [1.165, 1.54) is 0 Å². The number of piperidine rings is 1. The van der Waals surface area contributed by atoms with E-state index in [1.807, 2.05) is 31.3 Å². The van der Waals surface area contributed by atoms with Crippen molar-refractivity contribution in [2.75, 3.05) is 20.3 Å². The van der Waals surface area contributed by atoms with E-state index in [-0.39, 0.29) is 30.7 Å². The smallest absolute Gasteiger partial charge is 0.335 e. The van der Waals surface area contributed by atoms with Crippen molar-refractivity contribution in [3.05, 3.63) is 64.8 Å². The summed E-state index contributed by atoms with van der Waals surface area (Å²) in [5.74, 6) is -3.41. The van der Waals surface area contributed by atoms with Crippen LogP contribution >= 0.6 is 0 Å². The summed E-state index contributed by atoms with van der Waals surface area (Å²) in [5, 5.41) is 10.4. The quantitative estimate of drug-likeness (QED) is 0.438. The summed E-state index contributed by atoms with van der Waals surface area (Å²) in [4.78, 5) is 17.0. The van der Waals surface area contributed by atoms with E-state index in [4.69, 9.17) is 9.47 Å². The molecule has 0 bridgehead atoms. The molecule has 6 nitrogen and oxygen atoms in total. The van der Waals surface area contributed by atoms with Crippen LogP contribution in [-0.2, 0) is 11.3 Å². The summed E-state index contributed by atoms with van der Waals surface area (Å²) in [6, 6.07) is 11.0. The van der Waals surface area contributed by atoms with Crippen LogP contribution in [0.3, 0.4) is 0 Å². The Morgan fingerprint density at radius 3 is 2.66 bits per heavy atom. The minimum Gasteiger partial charge on any atom is -0.496 e. The molecule has 35 heavy (non-hydrogen) atoms. The molecule has 1 aliphatic carbocycles. The van der Waals surface area contributed by atoms with Gasteiger partial charge >= 0.3 is 5.97 Å². The van der Waals surface area contributed by atoms with Crippen LogP contribution in [0.5, 0.6) is 5.75 Å². The zero-order valence-electron chi connectivity index (χ0n) is 19.9. The summed E-state index contributed by atoms with van der Waals surface area (Å²) >= 11 is 0. The zero-order valence-corrected chi connectivity index (χ0v) is 19.9. The van der Waals surface area contributed by atoms with Crippen LogP contribution in [0.4, 0.5) is 8.78 Å². The standard InChI is InChI=1S/C27H30F2N2O4/c1-16-11-24(34-2)22(21-7-9-30-25(16)21)14-31-10-8-20(35-15-19-13-27(19,28)29)12-23(31)17-3-5-18(6-4-17)26(32)33/h3-7,9,11,19-20,23,30H,8,10,12-15H2,1-2H3,(H,32,33)/t19?,20-,23-/m1/s1. The molecule has 0 radical (unpaired) electrons. The van der Waals surface area contributed by atoms with Crippen LogP contribution in [0.2, 0.25) is 0 Å². The minimum atomic E-state index is -2.59. The van der Waals surface area contributed by atoms with E-state index in [1.54, 1.807) is 19.2 Å². The molecule has 1 unspecified atom stereocenters. The van der Waals surface area contributed by atoms with Crippen molar-refractivity contribution in [2.45, 2.75) is 50.8 Å². The number of methoxy groups -OCH3 is 1. The Morgan fingerprint density at radius 1 is 1.26 bits per heavy atom. The highest BCUT2D eigenvalue weighted by Crippen LogP contribution is 2.49. The first kappa shape index (κ1) is 23.8. The third kappa shape index (κ3) is 4.77. The van der Waals surface area contributed by atoms with Gasteiger partial charge in [-0.15, -0.1) is 0 Å². The number of aromatic amines is 1. The molecule has 2 N–H and O–H groups in total. The predicted octanol–water partition coefficient (Wildman–Crippen LogP) is 5.56. The highest BCUT2D eigenvalue weighted by atomic mass is 19.3. The van der Waals surface area contributed by atoms with E-state index in [9.17, 15) is 18.7 Å². The van der Waals surface area contributed by atoms with Gasteiger partial charge in [-0.25, -0.2) is 13.6 Å². The number of ether oxygens (including phenoxy) is 2. The first-order valence-corrected chi connectivity index (χ1v) is 12.0. The fraction of sp³-hybridized carbons (Fsp3) is 0.444. The van der Waals surface area contributed by atoms with E-state index in [2.05, 4.69) is 16.0 Å². The number of aryl methyl sites for hydroxylation is 1. The highest BCUT2D eigenvalue weighted by Gasteiger charge is 2.57. The van der Waals surface area contributed by atoms with Crippen LogP contribution in [0.1, 0.15) is 52.4 Å². The topological polar surface area (TPSA) is 74.8 Å². The summed E-state index contributed by atoms with van der Waals surface area (Å²) in [7, 11) is 1.67. The van der Waals surface area contributed by atoms with Gasteiger partial charge in [0.1, 0.15) is 5.75 Å². The molecule has 2 heterocycles. The summed E-state index contributed by atoms with van der Waals surface area (Å²) in [5.41, 5.74) is 4.48. The van der Waals surface area contributed by atoms with Crippen molar-refractivity contribution < 1.29 is 28.2 Å². The van der Waals surface area contributed by atoms with Crippen LogP contribution < -0.4 is 4.74 Å². The largest absolute Gasteiger partial charge is 0.496 e. The maximum Gasteiger partial charge on any atom is 0.335 e. The molecule has 1 saturated carbocycles. The number of aromatic carboxylic acids is 1. The molecular weight excluding hydrogens is 454 g/mol. The number of rotatable bonds is 8. The number of nitrogens with one attached hydrogen (secondary N) is 1. The molecule has 1 aromatic heterocycles. The van der Waals surface area contributed by atoms with E-state index in [0.29, 0.717) is 13.0 Å². The van der Waals surface area contributed by atoms with Crippen LogP contribution in [0.15, 0.2) is 42.6 Å². The number of carbonyl (C=O) groups is 1. The summed E-state index contributed by atoms with van der Waals surface area (Å²) in [6.45, 7) is 3.48. The number of carboxylic acid groups (broad SMARTS) is 1. The van der Waals surface area contributed by atoms with Gasteiger partial charge < -0.3 is 19.6 Å². The molecule has 3 atom stereocenters. The molecule has 1 aliphatic heterocycles. The first-order chi connectivity index (χ1) is 16.8. The van der Waals surface area contributed by atoms with Gasteiger partial charge in [0.15, 0.2) is 0 Å². The van der Waals surface area contributed by atoms with Gasteiger partial charge in [0, 0.05) is 48.2 Å². The fourth-order valence-corrected chi connectivity index (χ4v) is 5.20. The number of benzene rings is 2. The molecule has 186 valence electrons. The Bertz CT molecular complexity index is 1220. The number of H-pyrrole nitrogens is 1. The van der Waals surface area contributed by atoms with Gasteiger partial charge in [-0.05, 0) is 55.2 Å². The number of halogens is 2. The van der Waals surface area contributed by atoms with Gasteiger partial charge in [0.25, 0.3) is 5.92 Å². The summed E-state index contributed by atoms with van der Waals surface area (Å²) in [6.07, 6.45) is 3.10. The van der Waals surface area contributed by atoms with Crippen molar-refractivity contribution in [3.63, 3.8) is 0 Å². The third-order valence-corrected chi connectivity index (χ3v) is 7.39. The van der Waals surface area contributed by atoms with Crippen molar-refractivity contribution in [1.29, 1.82) is 0 Å². The number of carboxylic acids is 1. The Kier molecular flexibility index (Phi) is 6.27. The maximum absolute atomic E-state index is 13.3. The van der Waals surface area contributed by atoms with Gasteiger partial charge in [0.2, 0.25) is 0 Å². The molecule has 1 saturated heterocycles. The molecule has 2 fully saturated rings. The zero-order chi connectivity index (χ0) is 24.7. The van der Waals surface area contributed by atoms with E-state index < -0.39 is 17.8 Å².